The number of anilines is 1. The van der Waals surface area contributed by atoms with Gasteiger partial charge >= 0.3 is 0 Å². The van der Waals surface area contributed by atoms with Gasteiger partial charge in [-0.3, -0.25) is 0 Å². The molecule has 0 spiro atoms. The number of sulfonamides is 1. The van der Waals surface area contributed by atoms with Gasteiger partial charge in [0.15, 0.2) is 0 Å². The van der Waals surface area contributed by atoms with E-state index in [4.69, 9.17) is 5.73 Å². The van der Waals surface area contributed by atoms with Crippen molar-refractivity contribution in [1.29, 1.82) is 0 Å². The number of aryl methyl sites for hydroxylation is 1. The van der Waals surface area contributed by atoms with Gasteiger partial charge in [0.1, 0.15) is 0 Å². The number of rotatable bonds is 6. The van der Waals surface area contributed by atoms with E-state index in [1.54, 1.807) is 18.2 Å². The lowest BCUT2D eigenvalue weighted by Crippen LogP contribution is -2.31. The quantitative estimate of drug-likeness (QED) is 0.806. The maximum atomic E-state index is 12.4. The van der Waals surface area contributed by atoms with Crippen LogP contribution in [0.4, 0.5) is 5.69 Å². The maximum absolute atomic E-state index is 12.4. The second-order valence-corrected chi connectivity index (χ2v) is 6.15. The highest BCUT2D eigenvalue weighted by molar-refractivity contribution is 7.89. The third-order valence-corrected chi connectivity index (χ3v) is 4.93. The first-order valence-electron chi connectivity index (χ1n) is 6.35. The molecule has 102 valence electrons. The molecule has 0 saturated heterocycles. The molecule has 0 amide bonds. The zero-order chi connectivity index (χ0) is 13.8. The molecule has 5 heteroatoms. The maximum Gasteiger partial charge on any atom is 0.243 e. The zero-order valence-corrected chi connectivity index (χ0v) is 12.1. The van der Waals surface area contributed by atoms with Crippen LogP contribution < -0.4 is 5.73 Å². The Labute approximate surface area is 110 Å². The second-order valence-electron chi connectivity index (χ2n) is 4.21. The van der Waals surface area contributed by atoms with Crippen molar-refractivity contribution in [2.45, 2.75) is 38.5 Å². The van der Waals surface area contributed by atoms with Crippen molar-refractivity contribution in [1.82, 2.24) is 4.31 Å². The average molecular weight is 270 g/mol. The number of nitrogen functional groups attached to an aromatic ring is 1. The lowest BCUT2D eigenvalue weighted by atomic mass is 10.1. The van der Waals surface area contributed by atoms with Crippen LogP contribution in [-0.4, -0.2) is 25.8 Å². The van der Waals surface area contributed by atoms with Gasteiger partial charge in [0.2, 0.25) is 10.0 Å². The first-order chi connectivity index (χ1) is 8.47. The van der Waals surface area contributed by atoms with Crippen molar-refractivity contribution in [2.24, 2.45) is 0 Å². The van der Waals surface area contributed by atoms with Gasteiger partial charge in [0, 0.05) is 18.8 Å². The Bertz CT molecular complexity index is 498. The summed E-state index contributed by atoms with van der Waals surface area (Å²) in [5.41, 5.74) is 7.39. The van der Waals surface area contributed by atoms with Gasteiger partial charge < -0.3 is 5.73 Å². The molecule has 0 bridgehead atoms. The summed E-state index contributed by atoms with van der Waals surface area (Å²) in [5.74, 6) is 0. The normalized spacial score (nSPS) is 12.0. The summed E-state index contributed by atoms with van der Waals surface area (Å²) in [6.07, 6.45) is 1.61. The monoisotopic (exact) mass is 270 g/mol. The Morgan fingerprint density at radius 2 is 1.89 bits per heavy atom. The number of hydrogen-bond acceptors (Lipinski definition) is 3. The van der Waals surface area contributed by atoms with E-state index in [1.807, 2.05) is 20.8 Å². The summed E-state index contributed by atoms with van der Waals surface area (Å²) in [6.45, 7) is 6.82. The van der Waals surface area contributed by atoms with Crippen molar-refractivity contribution in [3.05, 3.63) is 23.8 Å². The van der Waals surface area contributed by atoms with Crippen LogP contribution in [0.2, 0.25) is 0 Å². The van der Waals surface area contributed by atoms with Crippen molar-refractivity contribution in [3.8, 4) is 0 Å². The summed E-state index contributed by atoms with van der Waals surface area (Å²) < 4.78 is 26.2. The minimum absolute atomic E-state index is 0.285. The lowest BCUT2D eigenvalue weighted by molar-refractivity contribution is 0.427. The Morgan fingerprint density at radius 1 is 1.22 bits per heavy atom. The van der Waals surface area contributed by atoms with E-state index in [0.717, 1.165) is 18.4 Å². The first-order valence-corrected chi connectivity index (χ1v) is 7.79. The van der Waals surface area contributed by atoms with E-state index < -0.39 is 10.0 Å². The molecule has 0 aliphatic rings. The predicted octanol–water partition coefficient (Wildman–Crippen LogP) is 2.25. The average Bonchev–Trinajstić information content (AvgIpc) is 2.35. The highest BCUT2D eigenvalue weighted by atomic mass is 32.2. The van der Waals surface area contributed by atoms with E-state index in [0.29, 0.717) is 18.8 Å². The summed E-state index contributed by atoms with van der Waals surface area (Å²) in [4.78, 5) is 0.285. The highest BCUT2D eigenvalue weighted by Gasteiger charge is 2.22. The third kappa shape index (κ3) is 3.03. The van der Waals surface area contributed by atoms with Crippen molar-refractivity contribution in [3.63, 3.8) is 0 Å². The molecule has 1 aromatic carbocycles. The summed E-state index contributed by atoms with van der Waals surface area (Å²) >= 11 is 0. The zero-order valence-electron chi connectivity index (χ0n) is 11.3. The first kappa shape index (κ1) is 15.0. The number of nitrogens with zero attached hydrogens (tertiary/aromatic N) is 1. The molecule has 0 aliphatic carbocycles. The van der Waals surface area contributed by atoms with Crippen molar-refractivity contribution >= 4 is 15.7 Å². The lowest BCUT2D eigenvalue weighted by Gasteiger charge is -2.20. The highest BCUT2D eigenvalue weighted by Crippen LogP contribution is 2.21. The van der Waals surface area contributed by atoms with Gasteiger partial charge in [0.05, 0.1) is 4.90 Å². The van der Waals surface area contributed by atoms with Gasteiger partial charge in [-0.1, -0.05) is 26.8 Å². The van der Waals surface area contributed by atoms with Gasteiger partial charge in [-0.05, 0) is 30.5 Å². The molecular formula is C13H22N2O2S. The summed E-state index contributed by atoms with van der Waals surface area (Å²) in [7, 11) is -3.41. The van der Waals surface area contributed by atoms with Gasteiger partial charge in [-0.15, -0.1) is 0 Å². The fourth-order valence-electron chi connectivity index (χ4n) is 1.90. The number of nitrogens with two attached hydrogens (primary N) is 1. The topological polar surface area (TPSA) is 63.4 Å². The summed E-state index contributed by atoms with van der Waals surface area (Å²) in [5, 5.41) is 0. The molecule has 0 atom stereocenters. The second kappa shape index (κ2) is 6.20. The third-order valence-electron chi connectivity index (χ3n) is 2.96. The van der Waals surface area contributed by atoms with Crippen LogP contribution in [0, 0.1) is 0 Å². The van der Waals surface area contributed by atoms with Crippen LogP contribution in [-0.2, 0) is 16.4 Å². The largest absolute Gasteiger partial charge is 0.398 e. The van der Waals surface area contributed by atoms with Crippen molar-refractivity contribution in [2.75, 3.05) is 18.8 Å². The van der Waals surface area contributed by atoms with Crippen molar-refractivity contribution < 1.29 is 8.42 Å². The van der Waals surface area contributed by atoms with E-state index in [9.17, 15) is 8.42 Å². The molecule has 18 heavy (non-hydrogen) atoms. The van der Waals surface area contributed by atoms with Crippen LogP contribution >= 0.6 is 0 Å². The molecule has 4 nitrogen and oxygen atoms in total. The van der Waals surface area contributed by atoms with E-state index in [2.05, 4.69) is 0 Å². The summed E-state index contributed by atoms with van der Waals surface area (Å²) in [6, 6.07) is 5.00. The molecule has 0 saturated carbocycles. The molecule has 1 aromatic rings. The Hall–Kier alpha value is -1.07. The number of benzene rings is 1. The molecule has 0 aromatic heterocycles. The van der Waals surface area contributed by atoms with E-state index >= 15 is 0 Å². The smallest absolute Gasteiger partial charge is 0.243 e. The van der Waals surface area contributed by atoms with Gasteiger partial charge in [-0.2, -0.15) is 4.31 Å². The van der Waals surface area contributed by atoms with E-state index in [1.165, 1.54) is 4.31 Å². The van der Waals surface area contributed by atoms with Crippen LogP contribution in [0.3, 0.4) is 0 Å². The van der Waals surface area contributed by atoms with Gasteiger partial charge in [-0.25, -0.2) is 8.42 Å². The molecule has 0 heterocycles. The van der Waals surface area contributed by atoms with Crippen LogP contribution in [0.25, 0.3) is 0 Å². The molecule has 1 rings (SSSR count). The molecular weight excluding hydrogens is 248 g/mol. The van der Waals surface area contributed by atoms with Gasteiger partial charge in [0.25, 0.3) is 0 Å². The standard InChI is InChI=1S/C13H22N2O2S/c1-4-9-15(6-3)18(16,17)12-8-7-11(5-2)13(14)10-12/h7-8,10H,4-6,9,14H2,1-3H3. The molecule has 2 N–H and O–H groups in total. The van der Waals surface area contributed by atoms with Crippen LogP contribution in [0.5, 0.6) is 0 Å². The Kier molecular flexibility index (Phi) is 5.16. The minimum atomic E-state index is -3.41. The van der Waals surface area contributed by atoms with Crippen LogP contribution in [0.1, 0.15) is 32.8 Å². The SMILES string of the molecule is CCCN(CC)S(=O)(=O)c1ccc(CC)c(N)c1. The Morgan fingerprint density at radius 3 is 2.33 bits per heavy atom. The molecule has 0 unspecified atom stereocenters. The fourth-order valence-corrected chi connectivity index (χ4v) is 3.48. The fraction of sp³-hybridized carbons (Fsp3) is 0.538. The minimum Gasteiger partial charge on any atom is -0.398 e. The van der Waals surface area contributed by atoms with Crippen LogP contribution in [0.15, 0.2) is 23.1 Å². The predicted molar refractivity (Wildman–Crippen MR) is 75.0 cm³/mol. The number of hydrogen-bond donors (Lipinski definition) is 1. The molecule has 0 radical (unpaired) electrons. The molecule has 0 aliphatic heterocycles. The Balaban J connectivity index is 3.15. The van der Waals surface area contributed by atoms with E-state index in [-0.39, 0.29) is 4.90 Å². The molecule has 0 fully saturated rings.